The summed E-state index contributed by atoms with van der Waals surface area (Å²) in [6.07, 6.45) is 2.56. The topological polar surface area (TPSA) is 44.5 Å². The molecule has 1 aromatic rings. The maximum Gasteiger partial charge on any atom is 0.151 e. The highest BCUT2D eigenvalue weighted by Crippen LogP contribution is 2.16. The van der Waals surface area contributed by atoms with Gasteiger partial charge in [-0.2, -0.15) is 0 Å². The van der Waals surface area contributed by atoms with Gasteiger partial charge in [-0.1, -0.05) is 12.1 Å². The first-order valence-electron chi connectivity index (χ1n) is 7.23. The van der Waals surface area contributed by atoms with Crippen LogP contribution in [0.25, 0.3) is 0 Å². The quantitative estimate of drug-likeness (QED) is 0.841. The number of hydrogen-bond donors (Lipinski definition) is 1. The SMILES string of the molecule is CCNCc1cc(CN(C)C2CCCN(C)C2)on1. The molecule has 1 atom stereocenters. The molecule has 1 N–H and O–H groups in total. The molecule has 0 bridgehead atoms. The molecule has 0 amide bonds. The van der Waals surface area contributed by atoms with Crippen molar-refractivity contribution in [2.24, 2.45) is 0 Å². The van der Waals surface area contributed by atoms with Crippen LogP contribution in [0.1, 0.15) is 31.2 Å². The Labute approximate surface area is 115 Å². The highest BCUT2D eigenvalue weighted by molar-refractivity contribution is 5.05. The Bertz CT molecular complexity index is 379. The highest BCUT2D eigenvalue weighted by Gasteiger charge is 2.21. The Morgan fingerprint density at radius 3 is 3.16 bits per heavy atom. The second-order valence-corrected chi connectivity index (χ2v) is 5.54. The molecule has 1 fully saturated rings. The number of piperidine rings is 1. The maximum atomic E-state index is 5.40. The number of hydrogen-bond acceptors (Lipinski definition) is 5. The average Bonchev–Trinajstić information content (AvgIpc) is 2.84. The average molecular weight is 266 g/mol. The summed E-state index contributed by atoms with van der Waals surface area (Å²) in [6.45, 7) is 7.05. The molecule has 0 spiro atoms. The first-order chi connectivity index (χ1) is 9.19. The largest absolute Gasteiger partial charge is 0.360 e. The zero-order valence-corrected chi connectivity index (χ0v) is 12.4. The van der Waals surface area contributed by atoms with E-state index in [4.69, 9.17) is 4.52 Å². The summed E-state index contributed by atoms with van der Waals surface area (Å²) in [4.78, 5) is 4.79. The molecule has 1 aromatic heterocycles. The maximum absolute atomic E-state index is 5.40. The molecule has 0 aromatic carbocycles. The number of likely N-dealkylation sites (tertiary alicyclic amines) is 1. The summed E-state index contributed by atoms with van der Waals surface area (Å²) < 4.78 is 5.40. The van der Waals surface area contributed by atoms with Crippen molar-refractivity contribution in [3.63, 3.8) is 0 Å². The lowest BCUT2D eigenvalue weighted by Crippen LogP contribution is -2.44. The Balaban J connectivity index is 1.84. The van der Waals surface area contributed by atoms with Gasteiger partial charge in [0, 0.05) is 25.2 Å². The Hall–Kier alpha value is -0.910. The summed E-state index contributed by atoms with van der Waals surface area (Å²) in [7, 11) is 4.37. The van der Waals surface area contributed by atoms with E-state index in [1.54, 1.807) is 0 Å². The van der Waals surface area contributed by atoms with E-state index in [0.29, 0.717) is 6.04 Å². The summed E-state index contributed by atoms with van der Waals surface area (Å²) in [5.74, 6) is 0.962. The molecule has 5 heteroatoms. The lowest BCUT2D eigenvalue weighted by atomic mass is 10.1. The number of aromatic nitrogens is 1. The summed E-state index contributed by atoms with van der Waals surface area (Å²) in [5, 5.41) is 7.35. The van der Waals surface area contributed by atoms with Gasteiger partial charge < -0.3 is 14.7 Å². The molecule has 1 unspecified atom stereocenters. The molecular formula is C14H26N4O. The zero-order valence-electron chi connectivity index (χ0n) is 12.4. The van der Waals surface area contributed by atoms with Crippen LogP contribution < -0.4 is 5.32 Å². The third-order valence-electron chi connectivity index (χ3n) is 3.79. The number of nitrogens with one attached hydrogen (secondary N) is 1. The highest BCUT2D eigenvalue weighted by atomic mass is 16.5. The molecule has 1 saturated heterocycles. The van der Waals surface area contributed by atoms with Gasteiger partial charge in [0.1, 0.15) is 0 Å². The van der Waals surface area contributed by atoms with Gasteiger partial charge in [0.15, 0.2) is 5.76 Å². The van der Waals surface area contributed by atoms with Crippen molar-refractivity contribution < 1.29 is 4.52 Å². The van der Waals surface area contributed by atoms with Gasteiger partial charge in [-0.15, -0.1) is 0 Å². The second kappa shape index (κ2) is 7.03. The van der Waals surface area contributed by atoms with Gasteiger partial charge in [0.25, 0.3) is 0 Å². The summed E-state index contributed by atoms with van der Waals surface area (Å²) in [6, 6.07) is 2.69. The van der Waals surface area contributed by atoms with Crippen molar-refractivity contribution in [3.05, 3.63) is 17.5 Å². The second-order valence-electron chi connectivity index (χ2n) is 5.54. The van der Waals surface area contributed by atoms with E-state index in [1.165, 1.54) is 19.4 Å². The Kier molecular flexibility index (Phi) is 5.36. The fraction of sp³-hybridized carbons (Fsp3) is 0.786. The van der Waals surface area contributed by atoms with E-state index in [0.717, 1.165) is 37.6 Å². The van der Waals surface area contributed by atoms with Crippen LogP contribution in [0.15, 0.2) is 10.6 Å². The molecule has 2 heterocycles. The lowest BCUT2D eigenvalue weighted by molar-refractivity contribution is 0.121. The molecule has 5 nitrogen and oxygen atoms in total. The van der Waals surface area contributed by atoms with Gasteiger partial charge in [0.05, 0.1) is 12.2 Å². The minimum atomic E-state index is 0.626. The first kappa shape index (κ1) is 14.5. The Morgan fingerprint density at radius 2 is 2.42 bits per heavy atom. The van der Waals surface area contributed by atoms with E-state index < -0.39 is 0 Å². The predicted molar refractivity (Wildman–Crippen MR) is 75.9 cm³/mol. The van der Waals surface area contributed by atoms with E-state index in [9.17, 15) is 0 Å². The van der Waals surface area contributed by atoms with Gasteiger partial charge >= 0.3 is 0 Å². The molecule has 108 valence electrons. The van der Waals surface area contributed by atoms with Crippen molar-refractivity contribution in [2.75, 3.05) is 33.7 Å². The van der Waals surface area contributed by atoms with Gasteiger partial charge in [-0.25, -0.2) is 0 Å². The third-order valence-corrected chi connectivity index (χ3v) is 3.79. The number of rotatable bonds is 6. The smallest absolute Gasteiger partial charge is 0.151 e. The minimum absolute atomic E-state index is 0.626. The van der Waals surface area contributed by atoms with Crippen LogP contribution in [-0.4, -0.2) is 54.7 Å². The Morgan fingerprint density at radius 1 is 1.58 bits per heavy atom. The van der Waals surface area contributed by atoms with Gasteiger partial charge in [-0.05, 0) is 40.0 Å². The summed E-state index contributed by atoms with van der Waals surface area (Å²) >= 11 is 0. The van der Waals surface area contributed by atoms with Crippen molar-refractivity contribution >= 4 is 0 Å². The van der Waals surface area contributed by atoms with Crippen LogP contribution >= 0.6 is 0 Å². The molecule has 19 heavy (non-hydrogen) atoms. The fourth-order valence-electron chi connectivity index (χ4n) is 2.64. The van der Waals surface area contributed by atoms with E-state index >= 15 is 0 Å². The molecule has 0 saturated carbocycles. The molecule has 1 aliphatic rings. The van der Waals surface area contributed by atoms with E-state index in [-0.39, 0.29) is 0 Å². The number of nitrogens with zero attached hydrogens (tertiary/aromatic N) is 3. The number of likely N-dealkylation sites (N-methyl/N-ethyl adjacent to an activating group) is 2. The predicted octanol–water partition coefficient (Wildman–Crippen LogP) is 1.31. The van der Waals surface area contributed by atoms with Crippen LogP contribution in [0, 0.1) is 0 Å². The van der Waals surface area contributed by atoms with Crippen LogP contribution in [0.3, 0.4) is 0 Å². The van der Waals surface area contributed by atoms with E-state index in [1.807, 2.05) is 0 Å². The van der Waals surface area contributed by atoms with Crippen molar-refractivity contribution in [3.8, 4) is 0 Å². The van der Waals surface area contributed by atoms with Crippen molar-refractivity contribution in [2.45, 2.75) is 38.9 Å². The zero-order chi connectivity index (χ0) is 13.7. The van der Waals surface area contributed by atoms with E-state index in [2.05, 4.69) is 47.4 Å². The van der Waals surface area contributed by atoms with Gasteiger partial charge in [0.2, 0.25) is 0 Å². The van der Waals surface area contributed by atoms with Gasteiger partial charge in [-0.3, -0.25) is 4.90 Å². The normalized spacial score (nSPS) is 21.2. The molecule has 0 radical (unpaired) electrons. The van der Waals surface area contributed by atoms with Crippen molar-refractivity contribution in [1.82, 2.24) is 20.3 Å². The molecular weight excluding hydrogens is 240 g/mol. The lowest BCUT2D eigenvalue weighted by Gasteiger charge is -2.35. The molecule has 0 aliphatic carbocycles. The standard InChI is InChI=1S/C14H26N4O/c1-4-15-9-12-8-14(19-16-12)11-18(3)13-6-5-7-17(2)10-13/h8,13,15H,4-7,9-11H2,1-3H3. The van der Waals surface area contributed by atoms with Crippen LogP contribution in [0.5, 0.6) is 0 Å². The monoisotopic (exact) mass is 266 g/mol. The molecule has 1 aliphatic heterocycles. The fourth-order valence-corrected chi connectivity index (χ4v) is 2.64. The third kappa shape index (κ3) is 4.30. The minimum Gasteiger partial charge on any atom is -0.360 e. The first-order valence-corrected chi connectivity index (χ1v) is 7.23. The van der Waals surface area contributed by atoms with Crippen LogP contribution in [0.2, 0.25) is 0 Å². The van der Waals surface area contributed by atoms with Crippen LogP contribution in [-0.2, 0) is 13.1 Å². The van der Waals surface area contributed by atoms with Crippen molar-refractivity contribution in [1.29, 1.82) is 0 Å². The summed E-state index contributed by atoms with van der Waals surface area (Å²) in [5.41, 5.74) is 0.992. The molecule has 2 rings (SSSR count). The van der Waals surface area contributed by atoms with Crippen LogP contribution in [0.4, 0.5) is 0 Å².